The van der Waals surface area contributed by atoms with Gasteiger partial charge in [0.05, 0.1) is 18.6 Å². The van der Waals surface area contributed by atoms with E-state index in [-0.39, 0.29) is 5.92 Å². The van der Waals surface area contributed by atoms with Gasteiger partial charge in [0.25, 0.3) is 0 Å². The Hall–Kier alpha value is -0.360. The lowest BCUT2D eigenvalue weighted by Crippen LogP contribution is -2.43. The van der Waals surface area contributed by atoms with Gasteiger partial charge in [-0.25, -0.2) is 0 Å². The Balaban J connectivity index is 2.22. The van der Waals surface area contributed by atoms with Crippen LogP contribution in [0.3, 0.4) is 0 Å². The normalized spacial score (nSPS) is 19.1. The molecule has 0 aliphatic heterocycles. The number of methoxy groups -OCH3 is 1. The molecule has 1 aromatic carbocycles. The minimum Gasteiger partial charge on any atom is -0.497 e. The number of nitrogens with zero attached hydrogens (tertiary/aromatic N) is 1. The van der Waals surface area contributed by atoms with Crippen LogP contribution in [0.4, 0.5) is 0 Å². The second-order valence-electron chi connectivity index (χ2n) is 6.29. The standard InChI is InChI=1S/C17H27NO2S2/c1-18(13-22-21)12-16(17(19)10-4-3-5-11-17)14-6-8-15(20-2)9-7-14/h6-9,16,19,21H,3-5,10-13H2,1-2H3. The first-order chi connectivity index (χ1) is 10.6. The molecule has 1 fully saturated rings. The Kier molecular flexibility index (Phi) is 6.93. The summed E-state index contributed by atoms with van der Waals surface area (Å²) in [5.74, 6) is 1.84. The molecule has 1 N–H and O–H groups in total. The van der Waals surface area contributed by atoms with Crippen molar-refractivity contribution in [2.75, 3.05) is 26.6 Å². The summed E-state index contributed by atoms with van der Waals surface area (Å²) >= 11 is 4.24. The van der Waals surface area contributed by atoms with Crippen molar-refractivity contribution in [2.45, 2.75) is 43.6 Å². The highest BCUT2D eigenvalue weighted by Crippen LogP contribution is 2.40. The van der Waals surface area contributed by atoms with Gasteiger partial charge in [-0.1, -0.05) is 42.2 Å². The van der Waals surface area contributed by atoms with E-state index in [4.69, 9.17) is 4.74 Å². The average Bonchev–Trinajstić information content (AvgIpc) is 2.54. The Morgan fingerprint density at radius 3 is 2.45 bits per heavy atom. The molecule has 0 heterocycles. The monoisotopic (exact) mass is 341 g/mol. The number of aliphatic hydroxyl groups is 1. The first-order valence-electron chi connectivity index (χ1n) is 7.90. The summed E-state index contributed by atoms with van der Waals surface area (Å²) in [6.07, 6.45) is 5.26. The summed E-state index contributed by atoms with van der Waals surface area (Å²) in [5.41, 5.74) is 0.601. The lowest BCUT2D eigenvalue weighted by atomic mass is 9.72. The molecule has 1 aromatic rings. The summed E-state index contributed by atoms with van der Waals surface area (Å²) in [6.45, 7) is 0.844. The van der Waals surface area contributed by atoms with Crippen LogP contribution in [-0.4, -0.2) is 42.2 Å². The Bertz CT molecular complexity index is 446. The highest BCUT2D eigenvalue weighted by molar-refractivity contribution is 8.68. The predicted molar refractivity (Wildman–Crippen MR) is 97.8 cm³/mol. The molecule has 0 saturated heterocycles. The zero-order valence-electron chi connectivity index (χ0n) is 13.5. The number of likely N-dealkylation sites (N-methyl/N-ethyl adjacent to an activating group) is 1. The van der Waals surface area contributed by atoms with Crippen LogP contribution in [0.25, 0.3) is 0 Å². The molecule has 2 rings (SSSR count). The van der Waals surface area contributed by atoms with E-state index in [2.05, 4.69) is 35.7 Å². The van der Waals surface area contributed by atoms with Crippen LogP contribution in [0, 0.1) is 0 Å². The topological polar surface area (TPSA) is 32.7 Å². The Morgan fingerprint density at radius 2 is 1.91 bits per heavy atom. The van der Waals surface area contributed by atoms with E-state index in [0.717, 1.165) is 43.9 Å². The number of hydrogen-bond acceptors (Lipinski definition) is 5. The van der Waals surface area contributed by atoms with Crippen LogP contribution >= 0.6 is 22.5 Å². The number of rotatable bonds is 7. The maximum atomic E-state index is 11.2. The molecule has 1 atom stereocenters. The number of ether oxygens (including phenoxy) is 1. The fourth-order valence-corrected chi connectivity index (χ4v) is 4.29. The molecule has 22 heavy (non-hydrogen) atoms. The summed E-state index contributed by atoms with van der Waals surface area (Å²) in [6, 6.07) is 8.17. The number of thiol groups is 1. The smallest absolute Gasteiger partial charge is 0.118 e. The van der Waals surface area contributed by atoms with Crippen molar-refractivity contribution in [3.63, 3.8) is 0 Å². The summed E-state index contributed by atoms with van der Waals surface area (Å²) in [5, 5.41) is 11.2. The summed E-state index contributed by atoms with van der Waals surface area (Å²) in [7, 11) is 5.29. The molecule has 0 radical (unpaired) electrons. The Morgan fingerprint density at radius 1 is 1.27 bits per heavy atom. The summed E-state index contributed by atoms with van der Waals surface area (Å²) in [4.78, 5) is 2.24. The van der Waals surface area contributed by atoms with E-state index in [0.29, 0.717) is 0 Å². The maximum Gasteiger partial charge on any atom is 0.118 e. The van der Waals surface area contributed by atoms with Crippen LogP contribution in [0.1, 0.15) is 43.6 Å². The van der Waals surface area contributed by atoms with Crippen molar-refractivity contribution in [1.29, 1.82) is 0 Å². The molecule has 5 heteroatoms. The van der Waals surface area contributed by atoms with Gasteiger partial charge in [-0.2, -0.15) is 0 Å². The van der Waals surface area contributed by atoms with Crippen molar-refractivity contribution >= 4 is 22.5 Å². The molecule has 3 nitrogen and oxygen atoms in total. The second kappa shape index (κ2) is 8.48. The minimum absolute atomic E-state index is 0.129. The minimum atomic E-state index is -0.595. The highest BCUT2D eigenvalue weighted by atomic mass is 33.1. The molecular weight excluding hydrogens is 314 g/mol. The van der Waals surface area contributed by atoms with E-state index in [1.807, 2.05) is 12.1 Å². The van der Waals surface area contributed by atoms with Crippen LogP contribution < -0.4 is 4.74 Å². The van der Waals surface area contributed by atoms with Crippen molar-refractivity contribution in [2.24, 2.45) is 0 Å². The third-order valence-electron chi connectivity index (χ3n) is 4.66. The average molecular weight is 342 g/mol. The van der Waals surface area contributed by atoms with Crippen molar-refractivity contribution in [1.82, 2.24) is 4.90 Å². The van der Waals surface area contributed by atoms with Gasteiger partial charge in [0.2, 0.25) is 0 Å². The quantitative estimate of drug-likeness (QED) is 0.447. The first-order valence-corrected chi connectivity index (χ1v) is 9.94. The lowest BCUT2D eigenvalue weighted by molar-refractivity contribution is -0.0281. The van der Waals surface area contributed by atoms with Crippen LogP contribution in [0.5, 0.6) is 5.75 Å². The largest absolute Gasteiger partial charge is 0.497 e. The molecule has 124 valence electrons. The SMILES string of the molecule is COc1ccc(C(CN(C)CSS)C2(O)CCCCC2)cc1. The molecule has 0 spiro atoms. The maximum absolute atomic E-state index is 11.2. The molecular formula is C17H27NO2S2. The van der Waals surface area contributed by atoms with E-state index in [1.165, 1.54) is 22.8 Å². The van der Waals surface area contributed by atoms with Gasteiger partial charge in [-0.05, 0) is 37.6 Å². The zero-order chi connectivity index (χ0) is 16.0. The number of hydrogen-bond donors (Lipinski definition) is 2. The third kappa shape index (κ3) is 4.57. The van der Waals surface area contributed by atoms with E-state index in [9.17, 15) is 5.11 Å². The second-order valence-corrected chi connectivity index (χ2v) is 7.58. The van der Waals surface area contributed by atoms with Gasteiger partial charge in [0.15, 0.2) is 0 Å². The fourth-order valence-electron chi connectivity index (χ4n) is 3.40. The fraction of sp³-hybridized carbons (Fsp3) is 0.647. The molecule has 1 aliphatic rings. The molecule has 1 aliphatic carbocycles. The number of benzene rings is 1. The predicted octanol–water partition coefficient (Wildman–Crippen LogP) is 3.94. The Labute approximate surface area is 143 Å². The lowest BCUT2D eigenvalue weighted by Gasteiger charge is -2.41. The van der Waals surface area contributed by atoms with Crippen molar-refractivity contribution < 1.29 is 9.84 Å². The van der Waals surface area contributed by atoms with Gasteiger partial charge >= 0.3 is 0 Å². The van der Waals surface area contributed by atoms with Gasteiger partial charge in [0, 0.05) is 12.5 Å². The molecule has 1 unspecified atom stereocenters. The van der Waals surface area contributed by atoms with E-state index >= 15 is 0 Å². The van der Waals surface area contributed by atoms with Crippen LogP contribution in [0.2, 0.25) is 0 Å². The van der Waals surface area contributed by atoms with Crippen molar-refractivity contribution in [3.8, 4) is 5.75 Å². The van der Waals surface area contributed by atoms with E-state index < -0.39 is 5.60 Å². The third-order valence-corrected chi connectivity index (χ3v) is 5.56. The van der Waals surface area contributed by atoms with Crippen molar-refractivity contribution in [3.05, 3.63) is 29.8 Å². The van der Waals surface area contributed by atoms with Gasteiger partial charge < -0.3 is 9.84 Å². The van der Waals surface area contributed by atoms with Gasteiger partial charge in [-0.15, -0.1) is 11.7 Å². The zero-order valence-corrected chi connectivity index (χ0v) is 15.2. The highest BCUT2D eigenvalue weighted by Gasteiger charge is 2.39. The van der Waals surface area contributed by atoms with Gasteiger partial charge in [0.1, 0.15) is 5.75 Å². The van der Waals surface area contributed by atoms with Crippen LogP contribution in [0.15, 0.2) is 24.3 Å². The first kappa shape index (κ1) is 18.0. The molecule has 0 aromatic heterocycles. The summed E-state index contributed by atoms with van der Waals surface area (Å²) < 4.78 is 5.25. The molecule has 0 bridgehead atoms. The molecule has 0 amide bonds. The van der Waals surface area contributed by atoms with Crippen LogP contribution in [-0.2, 0) is 0 Å². The molecule has 1 saturated carbocycles. The van der Waals surface area contributed by atoms with E-state index in [1.54, 1.807) is 7.11 Å². The van der Waals surface area contributed by atoms with Gasteiger partial charge in [-0.3, -0.25) is 4.90 Å².